The Bertz CT molecular complexity index is 741. The maximum absolute atomic E-state index is 12.7. The number of aromatic nitrogens is 1. The molecule has 6 nitrogen and oxygen atoms in total. The largest absolute Gasteiger partial charge is 0.496 e. The van der Waals surface area contributed by atoms with Gasteiger partial charge in [0.25, 0.3) is 11.8 Å². The number of nitrogens with zero attached hydrogens (tertiary/aromatic N) is 2. The van der Waals surface area contributed by atoms with E-state index in [0.29, 0.717) is 30.0 Å². The van der Waals surface area contributed by atoms with Crippen molar-refractivity contribution in [2.24, 2.45) is 0 Å². The predicted octanol–water partition coefficient (Wildman–Crippen LogP) is 2.12. The summed E-state index contributed by atoms with van der Waals surface area (Å²) in [5, 5.41) is 3.02. The minimum absolute atomic E-state index is 0.0329. The lowest BCUT2D eigenvalue weighted by atomic mass is 10.0. The number of ether oxygens (including phenoxy) is 1. The fourth-order valence-corrected chi connectivity index (χ4v) is 2.98. The summed E-state index contributed by atoms with van der Waals surface area (Å²) in [5.41, 5.74) is 1.12. The molecule has 0 unspecified atom stereocenters. The Balaban J connectivity index is 1.57. The fourth-order valence-electron chi connectivity index (χ4n) is 2.98. The van der Waals surface area contributed by atoms with E-state index in [2.05, 4.69) is 10.3 Å². The molecule has 0 saturated carbocycles. The number of methoxy groups -OCH3 is 1. The van der Waals surface area contributed by atoms with Gasteiger partial charge in [-0.05, 0) is 37.1 Å². The molecule has 6 heteroatoms. The molecule has 0 spiro atoms. The number of hydrogen-bond acceptors (Lipinski definition) is 4. The van der Waals surface area contributed by atoms with E-state index in [9.17, 15) is 9.59 Å². The van der Waals surface area contributed by atoms with Crippen LogP contribution in [0.4, 0.5) is 0 Å². The van der Waals surface area contributed by atoms with Crippen LogP contribution in [0.1, 0.15) is 33.6 Å². The Morgan fingerprint density at radius 3 is 2.60 bits per heavy atom. The van der Waals surface area contributed by atoms with Crippen LogP contribution in [-0.4, -0.2) is 47.9 Å². The number of likely N-dealkylation sites (tertiary alicyclic amines) is 1. The van der Waals surface area contributed by atoms with Crippen LogP contribution in [0.25, 0.3) is 0 Å². The zero-order chi connectivity index (χ0) is 17.6. The molecule has 1 aliphatic rings. The third-order valence-electron chi connectivity index (χ3n) is 4.38. The average Bonchev–Trinajstić information content (AvgIpc) is 2.68. The Morgan fingerprint density at radius 2 is 1.92 bits per heavy atom. The number of benzene rings is 1. The van der Waals surface area contributed by atoms with Crippen LogP contribution < -0.4 is 10.1 Å². The molecule has 1 aromatic heterocycles. The maximum atomic E-state index is 12.7. The molecule has 25 heavy (non-hydrogen) atoms. The van der Waals surface area contributed by atoms with Crippen LogP contribution >= 0.6 is 0 Å². The smallest absolute Gasteiger partial charge is 0.257 e. The lowest BCUT2D eigenvalue weighted by Crippen LogP contribution is -2.46. The van der Waals surface area contributed by atoms with Crippen molar-refractivity contribution in [1.29, 1.82) is 0 Å². The first-order chi connectivity index (χ1) is 12.2. The second-order valence-corrected chi connectivity index (χ2v) is 5.98. The van der Waals surface area contributed by atoms with Gasteiger partial charge in [0.05, 0.1) is 18.2 Å². The summed E-state index contributed by atoms with van der Waals surface area (Å²) in [7, 11) is 1.56. The number of carbonyl (C=O) groups excluding carboxylic acids is 2. The van der Waals surface area contributed by atoms with Crippen molar-refractivity contribution in [3.8, 4) is 5.75 Å². The van der Waals surface area contributed by atoms with Crippen molar-refractivity contribution >= 4 is 11.8 Å². The molecule has 0 radical (unpaired) electrons. The van der Waals surface area contributed by atoms with Crippen LogP contribution in [0.15, 0.2) is 48.8 Å². The SMILES string of the molecule is COc1ccccc1C(=O)N1CCC(NC(=O)c2cccnc2)CC1. The molecule has 130 valence electrons. The molecule has 2 heterocycles. The Hall–Kier alpha value is -2.89. The Labute approximate surface area is 146 Å². The van der Waals surface area contributed by atoms with Gasteiger partial charge >= 0.3 is 0 Å². The van der Waals surface area contributed by atoms with Crippen LogP contribution in [0.2, 0.25) is 0 Å². The lowest BCUT2D eigenvalue weighted by molar-refractivity contribution is 0.0695. The highest BCUT2D eigenvalue weighted by molar-refractivity contribution is 5.97. The fraction of sp³-hybridized carbons (Fsp3) is 0.316. The number of hydrogen-bond donors (Lipinski definition) is 1. The Kier molecular flexibility index (Phi) is 5.28. The third-order valence-corrected chi connectivity index (χ3v) is 4.38. The quantitative estimate of drug-likeness (QED) is 0.926. The monoisotopic (exact) mass is 339 g/mol. The van der Waals surface area contributed by atoms with E-state index >= 15 is 0 Å². The first-order valence-corrected chi connectivity index (χ1v) is 8.32. The van der Waals surface area contributed by atoms with Crippen molar-refractivity contribution in [3.05, 3.63) is 59.9 Å². The Morgan fingerprint density at radius 1 is 1.16 bits per heavy atom. The van der Waals surface area contributed by atoms with Crippen molar-refractivity contribution < 1.29 is 14.3 Å². The summed E-state index contributed by atoms with van der Waals surface area (Å²) >= 11 is 0. The number of piperidine rings is 1. The second-order valence-electron chi connectivity index (χ2n) is 5.98. The number of pyridine rings is 1. The van der Waals surface area contributed by atoms with Crippen molar-refractivity contribution in [3.63, 3.8) is 0 Å². The third kappa shape index (κ3) is 3.96. The molecule has 1 N–H and O–H groups in total. The van der Waals surface area contributed by atoms with E-state index < -0.39 is 0 Å². The first kappa shape index (κ1) is 17.0. The van der Waals surface area contributed by atoms with Crippen LogP contribution in [-0.2, 0) is 0 Å². The van der Waals surface area contributed by atoms with Crippen molar-refractivity contribution in [1.82, 2.24) is 15.2 Å². The van der Waals surface area contributed by atoms with Gasteiger partial charge in [-0.2, -0.15) is 0 Å². The molecule has 3 rings (SSSR count). The number of amides is 2. The molecule has 0 bridgehead atoms. The van der Waals surface area contributed by atoms with Gasteiger partial charge in [0, 0.05) is 31.5 Å². The van der Waals surface area contributed by atoms with Gasteiger partial charge in [-0.25, -0.2) is 0 Å². The lowest BCUT2D eigenvalue weighted by Gasteiger charge is -2.32. The minimum Gasteiger partial charge on any atom is -0.496 e. The molecule has 2 amide bonds. The van der Waals surface area contributed by atoms with E-state index in [0.717, 1.165) is 12.8 Å². The van der Waals surface area contributed by atoms with Crippen LogP contribution in [0, 0.1) is 0 Å². The van der Waals surface area contributed by atoms with E-state index in [1.807, 2.05) is 17.0 Å². The highest BCUT2D eigenvalue weighted by atomic mass is 16.5. The zero-order valence-electron chi connectivity index (χ0n) is 14.1. The molecular weight excluding hydrogens is 318 g/mol. The van der Waals surface area contributed by atoms with E-state index in [1.165, 1.54) is 0 Å². The van der Waals surface area contributed by atoms with Gasteiger partial charge in [0.15, 0.2) is 0 Å². The van der Waals surface area contributed by atoms with E-state index in [1.54, 1.807) is 43.8 Å². The van der Waals surface area contributed by atoms with Crippen LogP contribution in [0.3, 0.4) is 0 Å². The summed E-state index contributed by atoms with van der Waals surface area (Å²) in [4.78, 5) is 30.6. The summed E-state index contributed by atoms with van der Waals surface area (Å²) in [5.74, 6) is 0.427. The molecule has 1 aliphatic heterocycles. The first-order valence-electron chi connectivity index (χ1n) is 8.32. The van der Waals surface area contributed by atoms with Crippen molar-refractivity contribution in [2.45, 2.75) is 18.9 Å². The summed E-state index contributed by atoms with van der Waals surface area (Å²) < 4.78 is 5.27. The second kappa shape index (κ2) is 7.79. The molecule has 1 fully saturated rings. The van der Waals surface area contributed by atoms with Crippen LogP contribution in [0.5, 0.6) is 5.75 Å². The van der Waals surface area contributed by atoms with E-state index in [4.69, 9.17) is 4.74 Å². The normalized spacial score (nSPS) is 14.8. The molecular formula is C19H21N3O3. The van der Waals surface area contributed by atoms with Gasteiger partial charge in [-0.3, -0.25) is 14.6 Å². The average molecular weight is 339 g/mol. The number of carbonyl (C=O) groups is 2. The topological polar surface area (TPSA) is 71.5 Å². The summed E-state index contributed by atoms with van der Waals surface area (Å²) in [6.07, 6.45) is 4.65. The number of para-hydroxylation sites is 1. The van der Waals surface area contributed by atoms with Gasteiger partial charge in [0.1, 0.15) is 5.75 Å². The standard InChI is InChI=1S/C19H21N3O3/c1-25-17-7-3-2-6-16(17)19(24)22-11-8-15(9-12-22)21-18(23)14-5-4-10-20-13-14/h2-7,10,13,15H,8-9,11-12H2,1H3,(H,21,23). The maximum Gasteiger partial charge on any atom is 0.257 e. The van der Waals surface area contributed by atoms with E-state index in [-0.39, 0.29) is 17.9 Å². The summed E-state index contributed by atoms with van der Waals surface area (Å²) in [6, 6.07) is 10.8. The van der Waals surface area contributed by atoms with Gasteiger partial charge in [0.2, 0.25) is 0 Å². The number of rotatable bonds is 4. The van der Waals surface area contributed by atoms with Gasteiger partial charge in [-0.1, -0.05) is 12.1 Å². The van der Waals surface area contributed by atoms with Gasteiger partial charge < -0.3 is 15.0 Å². The highest BCUT2D eigenvalue weighted by Crippen LogP contribution is 2.21. The minimum atomic E-state index is -0.123. The molecule has 0 aliphatic carbocycles. The molecule has 1 saturated heterocycles. The van der Waals surface area contributed by atoms with Gasteiger partial charge in [-0.15, -0.1) is 0 Å². The molecule has 0 atom stereocenters. The summed E-state index contributed by atoms with van der Waals surface area (Å²) in [6.45, 7) is 1.21. The number of nitrogens with one attached hydrogen (secondary N) is 1. The van der Waals surface area contributed by atoms with Crippen molar-refractivity contribution in [2.75, 3.05) is 20.2 Å². The molecule has 2 aromatic rings. The predicted molar refractivity (Wildman–Crippen MR) is 93.6 cm³/mol. The highest BCUT2D eigenvalue weighted by Gasteiger charge is 2.26. The molecule has 1 aromatic carbocycles. The zero-order valence-corrected chi connectivity index (χ0v) is 14.1.